The second kappa shape index (κ2) is 7.90. The van der Waals surface area contributed by atoms with Crippen molar-refractivity contribution in [3.63, 3.8) is 0 Å². The number of aromatic amines is 1. The summed E-state index contributed by atoms with van der Waals surface area (Å²) in [5, 5.41) is 20.1. The third-order valence-electron chi connectivity index (χ3n) is 6.35. The van der Waals surface area contributed by atoms with E-state index in [-0.39, 0.29) is 19.4 Å². The van der Waals surface area contributed by atoms with Gasteiger partial charge in [-0.1, -0.05) is 7.43 Å². The van der Waals surface area contributed by atoms with Crippen molar-refractivity contribution in [2.24, 2.45) is 5.92 Å². The molecule has 9 heteroatoms. The van der Waals surface area contributed by atoms with Gasteiger partial charge >= 0.3 is 0 Å². The highest BCUT2D eigenvalue weighted by Gasteiger charge is 2.39. The van der Waals surface area contributed by atoms with Crippen LogP contribution in [0.5, 0.6) is 0 Å². The van der Waals surface area contributed by atoms with Gasteiger partial charge < -0.3 is 10.6 Å². The van der Waals surface area contributed by atoms with Crippen LogP contribution in [0.15, 0.2) is 42.4 Å². The van der Waals surface area contributed by atoms with Crippen molar-refractivity contribution in [2.75, 3.05) is 6.54 Å². The molecule has 1 saturated carbocycles. The molecule has 4 aromatic rings. The van der Waals surface area contributed by atoms with E-state index in [1.807, 2.05) is 30.0 Å². The summed E-state index contributed by atoms with van der Waals surface area (Å²) in [6.45, 7) is 1.06. The smallest absolute Gasteiger partial charge is 0.261 e. The average Bonchev–Trinajstić information content (AvgIpc) is 3.57. The summed E-state index contributed by atoms with van der Waals surface area (Å²) in [6, 6.07) is 2.80. The molecule has 8 nitrogen and oxygen atoms in total. The lowest BCUT2D eigenvalue weighted by Gasteiger charge is -2.18. The molecule has 0 spiro atoms. The van der Waals surface area contributed by atoms with Gasteiger partial charge in [-0.3, -0.25) is 9.89 Å². The molecule has 3 N–H and O–H groups in total. The Morgan fingerprint density at radius 3 is 2.97 bits per heavy atom. The summed E-state index contributed by atoms with van der Waals surface area (Å²) in [6.07, 6.45) is 12.5. The first-order chi connectivity index (χ1) is 14.8. The van der Waals surface area contributed by atoms with Gasteiger partial charge in [-0.25, -0.2) is 9.50 Å². The van der Waals surface area contributed by atoms with Crippen molar-refractivity contribution in [2.45, 2.75) is 38.8 Å². The van der Waals surface area contributed by atoms with Gasteiger partial charge in [0.15, 0.2) is 5.65 Å². The summed E-state index contributed by atoms with van der Waals surface area (Å²) in [5.74, 6) is 0.595. The third kappa shape index (κ3) is 3.43. The molecule has 2 aliphatic rings. The molecule has 1 unspecified atom stereocenters. The predicted octanol–water partition coefficient (Wildman–Crippen LogP) is 3.35. The minimum atomic E-state index is 0. The number of aromatic nitrogens is 5. The lowest BCUT2D eigenvalue weighted by Crippen LogP contribution is -2.38. The molecule has 31 heavy (non-hydrogen) atoms. The van der Waals surface area contributed by atoms with Gasteiger partial charge in [0.1, 0.15) is 0 Å². The number of thiophene rings is 1. The average molecular weight is 436 g/mol. The van der Waals surface area contributed by atoms with Gasteiger partial charge in [-0.05, 0) is 48.7 Å². The molecule has 1 saturated heterocycles. The summed E-state index contributed by atoms with van der Waals surface area (Å²) in [7, 11) is 0. The Morgan fingerprint density at radius 2 is 2.10 bits per heavy atom. The number of H-pyrrole nitrogens is 1. The fraction of sp³-hybridized carbons (Fsp3) is 0.364. The Balaban J connectivity index is 0.00000204. The number of carbonyl (C=O) groups excluding carboxylic acids is 1. The molecular weight excluding hydrogens is 410 g/mol. The van der Waals surface area contributed by atoms with E-state index < -0.39 is 0 Å². The number of nitrogens with one attached hydrogen (secondary N) is 3. The fourth-order valence-corrected chi connectivity index (χ4v) is 5.62. The van der Waals surface area contributed by atoms with Crippen LogP contribution in [0.1, 0.15) is 36.4 Å². The lowest BCUT2D eigenvalue weighted by atomic mass is 10.00. The van der Waals surface area contributed by atoms with Gasteiger partial charge in [-0.15, -0.1) is 11.3 Å². The molecule has 2 fully saturated rings. The van der Waals surface area contributed by atoms with Crippen LogP contribution in [-0.2, 0) is 0 Å². The lowest BCUT2D eigenvalue weighted by molar-refractivity contribution is 0.0932. The maximum Gasteiger partial charge on any atom is 0.261 e. The number of rotatable bonds is 4. The van der Waals surface area contributed by atoms with E-state index in [2.05, 4.69) is 30.9 Å². The molecule has 5 heterocycles. The van der Waals surface area contributed by atoms with Crippen LogP contribution in [0.3, 0.4) is 0 Å². The van der Waals surface area contributed by atoms with E-state index in [1.54, 1.807) is 16.9 Å². The minimum absolute atomic E-state index is 0. The van der Waals surface area contributed by atoms with Gasteiger partial charge in [0.25, 0.3) is 5.91 Å². The van der Waals surface area contributed by atoms with Crippen molar-refractivity contribution < 1.29 is 4.79 Å². The van der Waals surface area contributed by atoms with Crippen molar-refractivity contribution in [3.05, 3.63) is 47.3 Å². The molecule has 1 aliphatic carbocycles. The van der Waals surface area contributed by atoms with E-state index in [9.17, 15) is 4.79 Å². The molecule has 0 aromatic carbocycles. The second-order valence-electron chi connectivity index (χ2n) is 8.03. The zero-order chi connectivity index (χ0) is 20.1. The van der Waals surface area contributed by atoms with E-state index >= 15 is 0 Å². The SMILES string of the molecule is C.O=C(NC1CC[C@H]2NCC[C@@H]12)c1cc(-c2cnn3cc(-c4cn[nH]c4)cnc23)cs1. The highest BCUT2D eigenvalue weighted by Crippen LogP contribution is 2.33. The Labute approximate surface area is 184 Å². The summed E-state index contributed by atoms with van der Waals surface area (Å²) >= 11 is 1.47. The first kappa shape index (κ1) is 19.9. The highest BCUT2D eigenvalue weighted by molar-refractivity contribution is 7.12. The molecule has 1 aliphatic heterocycles. The fourth-order valence-electron chi connectivity index (χ4n) is 4.81. The van der Waals surface area contributed by atoms with Gasteiger partial charge in [0, 0.05) is 47.4 Å². The van der Waals surface area contributed by atoms with Crippen molar-refractivity contribution >= 4 is 22.9 Å². The van der Waals surface area contributed by atoms with Crippen LogP contribution in [-0.4, -0.2) is 49.3 Å². The molecule has 0 bridgehead atoms. The van der Waals surface area contributed by atoms with E-state index in [0.29, 0.717) is 12.0 Å². The summed E-state index contributed by atoms with van der Waals surface area (Å²) in [4.78, 5) is 18.2. The zero-order valence-corrected chi connectivity index (χ0v) is 17.0. The largest absolute Gasteiger partial charge is 0.348 e. The number of hydrogen-bond acceptors (Lipinski definition) is 6. The van der Waals surface area contributed by atoms with Crippen molar-refractivity contribution in [1.82, 2.24) is 35.4 Å². The highest BCUT2D eigenvalue weighted by atomic mass is 32.1. The molecule has 1 amide bonds. The van der Waals surface area contributed by atoms with E-state index in [0.717, 1.165) is 58.6 Å². The first-order valence-corrected chi connectivity index (χ1v) is 11.1. The number of hydrogen-bond donors (Lipinski definition) is 3. The quantitative estimate of drug-likeness (QED) is 0.456. The van der Waals surface area contributed by atoms with Crippen molar-refractivity contribution in [1.29, 1.82) is 0 Å². The second-order valence-corrected chi connectivity index (χ2v) is 8.94. The molecule has 160 valence electrons. The topological polar surface area (TPSA) is 100 Å². The van der Waals surface area contributed by atoms with Crippen LogP contribution in [0, 0.1) is 5.92 Å². The molecular formula is C22H25N7OS. The Hall–Kier alpha value is -3.04. The maximum atomic E-state index is 12.8. The Kier molecular flexibility index (Phi) is 5.07. The van der Waals surface area contributed by atoms with Crippen LogP contribution >= 0.6 is 11.3 Å². The normalized spacial score (nSPS) is 22.4. The van der Waals surface area contributed by atoms with E-state index in [4.69, 9.17) is 0 Å². The molecule has 4 aromatic heterocycles. The molecule has 6 rings (SSSR count). The number of carbonyl (C=O) groups is 1. The first-order valence-electron chi connectivity index (χ1n) is 10.2. The Bertz CT molecular complexity index is 1210. The standard InChI is InChI=1S/C21H21N7OS.CH4/c29-21(27-18-2-1-17-15(18)3-4-22-17)19-5-12(11-30-19)16-9-26-28-10-14(6-23-20(16)28)13-7-24-25-8-13;/h5-11,15,17-18,22H,1-4H2,(H,24,25)(H,27,29);1H4/t15-,17-,18?;/m1./s1. The van der Waals surface area contributed by atoms with Crippen LogP contribution in [0.25, 0.3) is 27.9 Å². The van der Waals surface area contributed by atoms with Gasteiger partial charge in [0.2, 0.25) is 0 Å². The minimum Gasteiger partial charge on any atom is -0.348 e. The molecule has 3 atom stereocenters. The van der Waals surface area contributed by atoms with Gasteiger partial charge in [-0.2, -0.15) is 10.2 Å². The number of amides is 1. The Morgan fingerprint density at radius 1 is 1.16 bits per heavy atom. The monoisotopic (exact) mass is 435 g/mol. The third-order valence-corrected chi connectivity index (χ3v) is 7.27. The van der Waals surface area contributed by atoms with Crippen LogP contribution in [0.2, 0.25) is 0 Å². The molecule has 0 radical (unpaired) electrons. The summed E-state index contributed by atoms with van der Waals surface area (Å²) < 4.78 is 1.76. The van der Waals surface area contributed by atoms with Crippen molar-refractivity contribution in [3.8, 4) is 22.3 Å². The van der Waals surface area contributed by atoms with E-state index in [1.165, 1.54) is 11.3 Å². The van der Waals surface area contributed by atoms with Crippen LogP contribution < -0.4 is 10.6 Å². The predicted molar refractivity (Wildman–Crippen MR) is 121 cm³/mol. The van der Waals surface area contributed by atoms with Crippen LogP contribution in [0.4, 0.5) is 0 Å². The van der Waals surface area contributed by atoms with Gasteiger partial charge in [0.05, 0.1) is 17.3 Å². The number of nitrogens with zero attached hydrogens (tertiary/aromatic N) is 4. The summed E-state index contributed by atoms with van der Waals surface area (Å²) in [5.41, 5.74) is 4.55. The number of fused-ring (bicyclic) bond motifs is 2. The zero-order valence-electron chi connectivity index (χ0n) is 16.2. The maximum absolute atomic E-state index is 12.8.